The van der Waals surface area contributed by atoms with Crippen molar-refractivity contribution in [1.29, 1.82) is 0 Å². The van der Waals surface area contributed by atoms with E-state index in [1.165, 1.54) is 0 Å². The Labute approximate surface area is 185 Å². The number of hydrogen-bond donors (Lipinski definition) is 2. The van der Waals surface area contributed by atoms with Crippen molar-refractivity contribution in [3.63, 3.8) is 0 Å². The zero-order valence-corrected chi connectivity index (χ0v) is 19.1. The summed E-state index contributed by atoms with van der Waals surface area (Å²) in [5.41, 5.74) is 3.17. The number of amides is 1. The van der Waals surface area contributed by atoms with Crippen LogP contribution in [-0.2, 0) is 24.4 Å². The molecule has 1 aliphatic heterocycles. The summed E-state index contributed by atoms with van der Waals surface area (Å²) in [4.78, 5) is 18.1. The Kier molecular flexibility index (Phi) is 7.55. The number of guanidine groups is 1. The number of hydrogen-bond acceptors (Lipinski definition) is 3. The lowest BCUT2D eigenvalue weighted by Gasteiger charge is -2.23. The lowest BCUT2D eigenvalue weighted by atomic mass is 10.1. The Morgan fingerprint density at radius 2 is 1.71 bits per heavy atom. The van der Waals surface area contributed by atoms with Crippen molar-refractivity contribution in [2.75, 3.05) is 13.6 Å². The van der Waals surface area contributed by atoms with Gasteiger partial charge in [0.1, 0.15) is 11.4 Å². The first-order valence-electron chi connectivity index (χ1n) is 10.9. The van der Waals surface area contributed by atoms with Gasteiger partial charge in [-0.2, -0.15) is 0 Å². The van der Waals surface area contributed by atoms with Crippen LogP contribution in [0.1, 0.15) is 50.3 Å². The highest BCUT2D eigenvalue weighted by Crippen LogP contribution is 2.22. The predicted octanol–water partition coefficient (Wildman–Crippen LogP) is 3.85. The first-order chi connectivity index (χ1) is 14.8. The molecule has 6 heteroatoms. The van der Waals surface area contributed by atoms with Gasteiger partial charge in [-0.3, -0.25) is 9.79 Å². The van der Waals surface area contributed by atoms with Crippen LogP contribution >= 0.6 is 0 Å². The van der Waals surface area contributed by atoms with E-state index in [4.69, 9.17) is 4.74 Å². The van der Waals surface area contributed by atoms with Crippen molar-refractivity contribution >= 4 is 11.9 Å². The first-order valence-corrected chi connectivity index (χ1v) is 10.9. The summed E-state index contributed by atoms with van der Waals surface area (Å²) >= 11 is 0. The molecule has 2 aromatic carbocycles. The van der Waals surface area contributed by atoms with Crippen LogP contribution in [0.4, 0.5) is 0 Å². The standard InChI is InChI=1S/C25H34N4O2/c1-25(2,3)31-22-9-6-5-8-21(22)17-28-24(26-4)27-16-19-11-13-20(14-12-19)18-29-15-7-10-23(29)30/h5-6,8-9,11-14H,7,10,15-18H2,1-4H3,(H2,26,27,28). The summed E-state index contributed by atoms with van der Waals surface area (Å²) in [6.45, 7) is 9.00. The van der Waals surface area contributed by atoms with E-state index in [9.17, 15) is 4.79 Å². The molecule has 2 aromatic rings. The number of benzene rings is 2. The predicted molar refractivity (Wildman–Crippen MR) is 125 cm³/mol. The number of carbonyl (C=O) groups excluding carboxylic acids is 1. The molecule has 0 atom stereocenters. The van der Waals surface area contributed by atoms with Crippen molar-refractivity contribution in [3.8, 4) is 5.75 Å². The molecule has 0 aromatic heterocycles. The van der Waals surface area contributed by atoms with Crippen molar-refractivity contribution < 1.29 is 9.53 Å². The van der Waals surface area contributed by atoms with Crippen molar-refractivity contribution in [3.05, 3.63) is 65.2 Å². The Balaban J connectivity index is 1.50. The maximum absolute atomic E-state index is 11.8. The van der Waals surface area contributed by atoms with Gasteiger partial charge in [-0.15, -0.1) is 0 Å². The molecule has 0 aliphatic carbocycles. The van der Waals surface area contributed by atoms with E-state index in [-0.39, 0.29) is 11.5 Å². The number of likely N-dealkylation sites (tertiary alicyclic amines) is 1. The minimum Gasteiger partial charge on any atom is -0.488 e. The Morgan fingerprint density at radius 1 is 1.03 bits per heavy atom. The van der Waals surface area contributed by atoms with E-state index < -0.39 is 0 Å². The molecule has 0 radical (unpaired) electrons. The van der Waals surface area contributed by atoms with Crippen LogP contribution in [0.5, 0.6) is 5.75 Å². The van der Waals surface area contributed by atoms with Crippen molar-refractivity contribution in [1.82, 2.24) is 15.5 Å². The molecule has 3 rings (SSSR count). The molecule has 0 unspecified atom stereocenters. The second-order valence-corrected chi connectivity index (χ2v) is 8.84. The summed E-state index contributed by atoms with van der Waals surface area (Å²) in [6, 6.07) is 16.4. The minimum atomic E-state index is -0.246. The number of nitrogens with one attached hydrogen (secondary N) is 2. The Bertz CT molecular complexity index is 900. The summed E-state index contributed by atoms with van der Waals surface area (Å²) in [5, 5.41) is 6.72. The highest BCUT2D eigenvalue weighted by Gasteiger charge is 2.19. The first kappa shape index (κ1) is 22.7. The fourth-order valence-electron chi connectivity index (χ4n) is 3.52. The summed E-state index contributed by atoms with van der Waals surface area (Å²) < 4.78 is 6.07. The van der Waals surface area contributed by atoms with Crippen LogP contribution in [0, 0.1) is 0 Å². The molecule has 0 saturated carbocycles. The van der Waals surface area contributed by atoms with Crippen LogP contribution in [0.15, 0.2) is 53.5 Å². The summed E-state index contributed by atoms with van der Waals surface area (Å²) in [7, 11) is 1.77. The van der Waals surface area contributed by atoms with Gasteiger partial charge in [0.25, 0.3) is 0 Å². The molecule has 2 N–H and O–H groups in total. The third-order valence-electron chi connectivity index (χ3n) is 5.09. The smallest absolute Gasteiger partial charge is 0.222 e. The number of rotatable bonds is 7. The molecular formula is C25H34N4O2. The fourth-order valence-corrected chi connectivity index (χ4v) is 3.52. The van der Waals surface area contributed by atoms with Gasteiger partial charge >= 0.3 is 0 Å². The molecule has 1 heterocycles. The van der Waals surface area contributed by atoms with Gasteiger partial charge in [0.2, 0.25) is 5.91 Å². The zero-order chi connectivity index (χ0) is 22.3. The maximum atomic E-state index is 11.8. The molecular weight excluding hydrogens is 388 g/mol. The van der Waals surface area contributed by atoms with E-state index in [2.05, 4.69) is 46.0 Å². The molecule has 1 fully saturated rings. The highest BCUT2D eigenvalue weighted by atomic mass is 16.5. The molecule has 0 spiro atoms. The van der Waals surface area contributed by atoms with Gasteiger partial charge in [0, 0.05) is 45.2 Å². The average Bonchev–Trinajstić information content (AvgIpc) is 3.13. The molecule has 1 aliphatic rings. The van der Waals surface area contributed by atoms with E-state index >= 15 is 0 Å². The van der Waals surface area contributed by atoms with Crippen LogP contribution in [0.25, 0.3) is 0 Å². The third kappa shape index (κ3) is 7.02. The van der Waals surface area contributed by atoms with E-state index in [1.54, 1.807) is 7.05 Å². The fraction of sp³-hybridized carbons (Fsp3) is 0.440. The quantitative estimate of drug-likeness (QED) is 0.525. The van der Waals surface area contributed by atoms with E-state index in [0.717, 1.165) is 41.4 Å². The van der Waals surface area contributed by atoms with E-state index in [1.807, 2.05) is 43.9 Å². The Hall–Kier alpha value is -3.02. The van der Waals surface area contributed by atoms with Gasteiger partial charge in [-0.25, -0.2) is 0 Å². The van der Waals surface area contributed by atoms with Crippen molar-refractivity contribution in [2.45, 2.75) is 58.8 Å². The van der Waals surface area contributed by atoms with Crippen LogP contribution in [0.2, 0.25) is 0 Å². The van der Waals surface area contributed by atoms with Gasteiger partial charge in [0.05, 0.1) is 0 Å². The monoisotopic (exact) mass is 422 g/mol. The topological polar surface area (TPSA) is 66.0 Å². The molecule has 1 amide bonds. The third-order valence-corrected chi connectivity index (χ3v) is 5.09. The average molecular weight is 423 g/mol. The van der Waals surface area contributed by atoms with Gasteiger partial charge in [0.15, 0.2) is 5.96 Å². The van der Waals surface area contributed by atoms with Gasteiger partial charge < -0.3 is 20.3 Å². The Morgan fingerprint density at radius 3 is 2.35 bits per heavy atom. The SMILES string of the molecule is CN=C(NCc1ccc(CN2CCCC2=O)cc1)NCc1ccccc1OC(C)(C)C. The summed E-state index contributed by atoms with van der Waals surface area (Å²) in [6.07, 6.45) is 1.65. The normalized spacial score (nSPS) is 14.6. The minimum absolute atomic E-state index is 0.246. The summed E-state index contributed by atoms with van der Waals surface area (Å²) in [5.74, 6) is 1.87. The molecule has 31 heavy (non-hydrogen) atoms. The second-order valence-electron chi connectivity index (χ2n) is 8.84. The van der Waals surface area contributed by atoms with Crippen molar-refractivity contribution in [2.24, 2.45) is 4.99 Å². The molecule has 166 valence electrons. The molecule has 0 bridgehead atoms. The van der Waals surface area contributed by atoms with E-state index in [0.29, 0.717) is 26.1 Å². The number of carbonyl (C=O) groups is 1. The van der Waals surface area contributed by atoms with Crippen LogP contribution in [-0.4, -0.2) is 36.0 Å². The largest absolute Gasteiger partial charge is 0.488 e. The number of aliphatic imine (C=N–C) groups is 1. The number of ether oxygens (including phenoxy) is 1. The van der Waals surface area contributed by atoms with Gasteiger partial charge in [-0.05, 0) is 44.4 Å². The number of nitrogens with zero attached hydrogens (tertiary/aromatic N) is 2. The molecule has 6 nitrogen and oxygen atoms in total. The maximum Gasteiger partial charge on any atom is 0.222 e. The highest BCUT2D eigenvalue weighted by molar-refractivity contribution is 5.79. The number of para-hydroxylation sites is 1. The van der Waals surface area contributed by atoms with Crippen LogP contribution in [0.3, 0.4) is 0 Å². The zero-order valence-electron chi connectivity index (χ0n) is 19.1. The van der Waals surface area contributed by atoms with Crippen LogP contribution < -0.4 is 15.4 Å². The molecule has 1 saturated heterocycles. The second kappa shape index (κ2) is 10.3. The van der Waals surface area contributed by atoms with Gasteiger partial charge in [-0.1, -0.05) is 42.5 Å². The lowest BCUT2D eigenvalue weighted by molar-refractivity contribution is -0.128. The lowest BCUT2D eigenvalue weighted by Crippen LogP contribution is -2.36.